The zero-order valence-electron chi connectivity index (χ0n) is 16.2. The van der Waals surface area contributed by atoms with Crippen LogP contribution in [0, 0.1) is 0 Å². The molecule has 0 N–H and O–H groups in total. The fourth-order valence-corrected chi connectivity index (χ4v) is 3.73. The van der Waals surface area contributed by atoms with Crippen LogP contribution in [0.2, 0.25) is 0 Å². The van der Waals surface area contributed by atoms with Gasteiger partial charge in [0.2, 0.25) is 5.91 Å². The highest BCUT2D eigenvalue weighted by Crippen LogP contribution is 2.31. The fourth-order valence-electron chi connectivity index (χ4n) is 3.73. The van der Waals surface area contributed by atoms with Crippen molar-refractivity contribution < 1.29 is 4.79 Å². The van der Waals surface area contributed by atoms with Crippen molar-refractivity contribution in [3.63, 3.8) is 0 Å². The van der Waals surface area contributed by atoms with Gasteiger partial charge in [0.15, 0.2) is 5.82 Å². The molecule has 1 fully saturated rings. The van der Waals surface area contributed by atoms with E-state index in [2.05, 4.69) is 28.8 Å². The number of aromatic nitrogens is 5. The maximum Gasteiger partial charge on any atom is 0.227 e. The number of amides is 1. The Morgan fingerprint density at radius 3 is 2.89 bits per heavy atom. The van der Waals surface area contributed by atoms with Crippen molar-refractivity contribution in [3.8, 4) is 5.82 Å². The van der Waals surface area contributed by atoms with Gasteiger partial charge in [-0.05, 0) is 24.5 Å². The standard InChI is InChI=1S/C21H24N6O/c1-15(2)21-24-8-10-27(21)19-14-23-13-17(25-19)18-6-4-9-26(18)20(28)11-16-5-3-7-22-12-16/h3,5,7-8,10,12-15,18H,4,6,9,11H2,1-2H3/t18-/m1/s1. The Morgan fingerprint density at radius 2 is 2.11 bits per heavy atom. The van der Waals surface area contributed by atoms with Gasteiger partial charge in [-0.3, -0.25) is 19.3 Å². The molecule has 0 aliphatic carbocycles. The molecule has 3 aromatic heterocycles. The minimum atomic E-state index is -0.0392. The molecule has 3 aromatic rings. The van der Waals surface area contributed by atoms with E-state index >= 15 is 0 Å². The zero-order valence-corrected chi connectivity index (χ0v) is 16.2. The summed E-state index contributed by atoms with van der Waals surface area (Å²) in [6.45, 7) is 4.95. The molecular weight excluding hydrogens is 352 g/mol. The van der Waals surface area contributed by atoms with E-state index in [-0.39, 0.29) is 17.9 Å². The van der Waals surface area contributed by atoms with Crippen molar-refractivity contribution in [1.82, 2.24) is 29.4 Å². The fraction of sp³-hybridized carbons (Fsp3) is 0.381. The molecule has 144 valence electrons. The van der Waals surface area contributed by atoms with Crippen molar-refractivity contribution in [1.29, 1.82) is 0 Å². The van der Waals surface area contributed by atoms with Gasteiger partial charge >= 0.3 is 0 Å². The number of carbonyl (C=O) groups is 1. The second-order valence-corrected chi connectivity index (χ2v) is 7.40. The molecule has 0 saturated carbocycles. The number of hydrogen-bond donors (Lipinski definition) is 0. The molecule has 1 aliphatic rings. The van der Waals surface area contributed by atoms with E-state index in [1.54, 1.807) is 31.0 Å². The van der Waals surface area contributed by atoms with Gasteiger partial charge in [-0.15, -0.1) is 0 Å². The van der Waals surface area contributed by atoms with Crippen molar-refractivity contribution in [2.75, 3.05) is 6.54 Å². The summed E-state index contributed by atoms with van der Waals surface area (Å²) in [5.74, 6) is 2.07. The highest BCUT2D eigenvalue weighted by molar-refractivity contribution is 5.79. The van der Waals surface area contributed by atoms with E-state index in [0.29, 0.717) is 6.42 Å². The second-order valence-electron chi connectivity index (χ2n) is 7.40. The van der Waals surface area contributed by atoms with Crippen LogP contribution in [0.15, 0.2) is 49.3 Å². The van der Waals surface area contributed by atoms with Crippen LogP contribution < -0.4 is 0 Å². The van der Waals surface area contributed by atoms with Gasteiger partial charge in [-0.25, -0.2) is 9.97 Å². The highest BCUT2D eigenvalue weighted by Gasteiger charge is 2.31. The molecular formula is C21H24N6O. The zero-order chi connectivity index (χ0) is 19.5. The lowest BCUT2D eigenvalue weighted by Crippen LogP contribution is -2.32. The SMILES string of the molecule is CC(C)c1nccn1-c1cncc([C@H]2CCCN2C(=O)Cc2cccnc2)n1. The molecule has 7 nitrogen and oxygen atoms in total. The van der Waals surface area contributed by atoms with E-state index in [1.165, 1.54) is 0 Å². The van der Waals surface area contributed by atoms with E-state index in [9.17, 15) is 4.79 Å². The lowest BCUT2D eigenvalue weighted by molar-refractivity contribution is -0.131. The molecule has 4 heterocycles. The van der Waals surface area contributed by atoms with E-state index in [0.717, 1.165) is 42.3 Å². The number of pyridine rings is 1. The first kappa shape index (κ1) is 18.3. The molecule has 0 unspecified atom stereocenters. The number of carbonyl (C=O) groups excluding carboxylic acids is 1. The predicted molar refractivity (Wildman–Crippen MR) is 105 cm³/mol. The maximum atomic E-state index is 12.9. The topological polar surface area (TPSA) is 76.8 Å². The first-order chi connectivity index (χ1) is 13.6. The molecule has 1 atom stereocenters. The molecule has 0 bridgehead atoms. The molecule has 7 heteroatoms. The van der Waals surface area contributed by atoms with Crippen LogP contribution in [0.1, 0.15) is 55.7 Å². The molecule has 0 aromatic carbocycles. The van der Waals surface area contributed by atoms with Gasteiger partial charge in [0.05, 0.1) is 30.6 Å². The van der Waals surface area contributed by atoms with Crippen LogP contribution in [-0.2, 0) is 11.2 Å². The molecule has 4 rings (SSSR count). The quantitative estimate of drug-likeness (QED) is 0.684. The van der Waals surface area contributed by atoms with Crippen molar-refractivity contribution in [2.45, 2.75) is 45.1 Å². The van der Waals surface area contributed by atoms with Crippen LogP contribution >= 0.6 is 0 Å². The number of nitrogens with zero attached hydrogens (tertiary/aromatic N) is 6. The monoisotopic (exact) mass is 376 g/mol. The van der Waals surface area contributed by atoms with Crippen LogP contribution in [-0.4, -0.2) is 41.9 Å². The normalized spacial score (nSPS) is 16.7. The average molecular weight is 376 g/mol. The van der Waals surface area contributed by atoms with Gasteiger partial charge in [0.1, 0.15) is 5.82 Å². The molecule has 0 radical (unpaired) electrons. The van der Waals surface area contributed by atoms with Gasteiger partial charge in [0.25, 0.3) is 0 Å². The molecule has 28 heavy (non-hydrogen) atoms. The largest absolute Gasteiger partial charge is 0.334 e. The predicted octanol–water partition coefficient (Wildman–Crippen LogP) is 3.09. The number of hydrogen-bond acceptors (Lipinski definition) is 5. The summed E-state index contributed by atoms with van der Waals surface area (Å²) in [7, 11) is 0. The van der Waals surface area contributed by atoms with Crippen LogP contribution in [0.25, 0.3) is 5.82 Å². The van der Waals surface area contributed by atoms with E-state index in [1.807, 2.05) is 27.8 Å². The van der Waals surface area contributed by atoms with Crippen molar-refractivity contribution >= 4 is 5.91 Å². The molecule has 0 spiro atoms. The minimum Gasteiger partial charge on any atom is -0.334 e. The molecule has 1 amide bonds. The smallest absolute Gasteiger partial charge is 0.227 e. The van der Waals surface area contributed by atoms with Gasteiger partial charge in [0, 0.05) is 37.3 Å². The van der Waals surface area contributed by atoms with Crippen LogP contribution in [0.5, 0.6) is 0 Å². The summed E-state index contributed by atoms with van der Waals surface area (Å²) in [4.78, 5) is 32.6. The molecule has 1 saturated heterocycles. The number of likely N-dealkylation sites (tertiary alicyclic amines) is 1. The Morgan fingerprint density at radius 1 is 1.21 bits per heavy atom. The van der Waals surface area contributed by atoms with Crippen molar-refractivity contribution in [2.24, 2.45) is 0 Å². The summed E-state index contributed by atoms with van der Waals surface area (Å²) in [6.07, 6.45) is 12.9. The van der Waals surface area contributed by atoms with Crippen molar-refractivity contribution in [3.05, 3.63) is 66.4 Å². The summed E-state index contributed by atoms with van der Waals surface area (Å²) < 4.78 is 1.97. The van der Waals surface area contributed by atoms with E-state index in [4.69, 9.17) is 4.98 Å². The first-order valence-electron chi connectivity index (χ1n) is 9.67. The Kier molecular flexibility index (Phi) is 5.14. The third kappa shape index (κ3) is 3.65. The number of rotatable bonds is 5. The summed E-state index contributed by atoms with van der Waals surface area (Å²) in [6, 6.07) is 3.75. The average Bonchev–Trinajstić information content (AvgIpc) is 3.39. The Bertz CT molecular complexity index is 952. The van der Waals surface area contributed by atoms with Gasteiger partial charge in [-0.1, -0.05) is 19.9 Å². The molecule has 1 aliphatic heterocycles. The second kappa shape index (κ2) is 7.88. The van der Waals surface area contributed by atoms with Gasteiger partial charge < -0.3 is 4.90 Å². The Balaban J connectivity index is 1.58. The minimum absolute atomic E-state index is 0.0392. The Hall–Kier alpha value is -3.09. The van der Waals surface area contributed by atoms with E-state index < -0.39 is 0 Å². The summed E-state index contributed by atoms with van der Waals surface area (Å²) >= 11 is 0. The number of imidazole rings is 1. The summed E-state index contributed by atoms with van der Waals surface area (Å²) in [5, 5.41) is 0. The Labute approximate surface area is 164 Å². The third-order valence-electron chi connectivity index (χ3n) is 5.07. The summed E-state index contributed by atoms with van der Waals surface area (Å²) in [5.41, 5.74) is 1.76. The van der Waals surface area contributed by atoms with Gasteiger partial charge in [-0.2, -0.15) is 0 Å². The maximum absolute atomic E-state index is 12.9. The third-order valence-corrected chi connectivity index (χ3v) is 5.07. The first-order valence-corrected chi connectivity index (χ1v) is 9.67. The van der Waals surface area contributed by atoms with Crippen LogP contribution in [0.4, 0.5) is 0 Å². The lowest BCUT2D eigenvalue weighted by Gasteiger charge is -2.24. The van der Waals surface area contributed by atoms with Crippen LogP contribution in [0.3, 0.4) is 0 Å². The lowest BCUT2D eigenvalue weighted by atomic mass is 10.1. The highest BCUT2D eigenvalue weighted by atomic mass is 16.2.